The van der Waals surface area contributed by atoms with E-state index in [1.165, 1.54) is 0 Å². The second-order valence-corrected chi connectivity index (χ2v) is 4.55. The predicted octanol–water partition coefficient (Wildman–Crippen LogP) is 0.394. The van der Waals surface area contributed by atoms with Crippen LogP contribution >= 0.6 is 11.8 Å². The highest BCUT2D eigenvalue weighted by molar-refractivity contribution is 7.98. The number of hydrogen-bond acceptors (Lipinski definition) is 5. The van der Waals surface area contributed by atoms with Crippen LogP contribution in [-0.2, 0) is 11.3 Å². The minimum absolute atomic E-state index is 0.287. The Morgan fingerprint density at radius 3 is 3.12 bits per heavy atom. The van der Waals surface area contributed by atoms with Crippen molar-refractivity contribution in [2.75, 3.05) is 17.7 Å². The highest BCUT2D eigenvalue weighted by Crippen LogP contribution is 2.06. The summed E-state index contributed by atoms with van der Waals surface area (Å²) in [7, 11) is 0. The van der Waals surface area contributed by atoms with Gasteiger partial charge in [-0.25, -0.2) is 4.98 Å². The van der Waals surface area contributed by atoms with E-state index in [1.54, 1.807) is 30.1 Å². The molecule has 0 radical (unpaired) electrons. The molecule has 0 aliphatic rings. The number of thioether (sulfide) groups is 1. The highest BCUT2D eigenvalue weighted by atomic mass is 32.2. The number of carbonyl (C=O) groups is 1. The van der Waals surface area contributed by atoms with Crippen LogP contribution in [0.2, 0.25) is 0 Å². The van der Waals surface area contributed by atoms with Gasteiger partial charge in [0.15, 0.2) is 0 Å². The molecule has 0 saturated heterocycles. The maximum Gasteiger partial charge on any atom is 0.249 e. The summed E-state index contributed by atoms with van der Waals surface area (Å²) in [5, 5.41) is 12.2. The van der Waals surface area contributed by atoms with Crippen molar-refractivity contribution in [2.45, 2.75) is 19.1 Å². The third-order valence-corrected chi connectivity index (χ3v) is 2.92. The van der Waals surface area contributed by atoms with Crippen molar-refractivity contribution >= 4 is 23.5 Å². The lowest BCUT2D eigenvalue weighted by Gasteiger charge is -2.11. The number of anilines is 1. The number of aliphatic hydroxyl groups is 1. The van der Waals surface area contributed by atoms with Crippen molar-refractivity contribution in [1.82, 2.24) is 10.3 Å². The number of nitrogens with zero attached hydrogens (tertiary/aromatic N) is 1. The zero-order valence-corrected chi connectivity index (χ0v) is 10.5. The molecule has 1 rings (SSSR count). The Morgan fingerprint density at radius 1 is 1.71 bits per heavy atom. The van der Waals surface area contributed by atoms with E-state index >= 15 is 0 Å². The molecule has 17 heavy (non-hydrogen) atoms. The fourth-order valence-corrected chi connectivity index (χ4v) is 1.72. The van der Waals surface area contributed by atoms with Gasteiger partial charge >= 0.3 is 0 Å². The highest BCUT2D eigenvalue weighted by Gasteiger charge is 2.14. The van der Waals surface area contributed by atoms with Gasteiger partial charge in [0.05, 0.1) is 0 Å². The first-order valence-electron chi connectivity index (χ1n) is 5.29. The summed E-state index contributed by atoms with van der Waals surface area (Å²) in [4.78, 5) is 15.4. The average molecular weight is 255 g/mol. The third-order valence-electron chi connectivity index (χ3n) is 2.28. The summed E-state index contributed by atoms with van der Waals surface area (Å²) in [6, 6.07) is 3.54. The summed E-state index contributed by atoms with van der Waals surface area (Å²) >= 11 is 1.59. The van der Waals surface area contributed by atoms with Gasteiger partial charge in [0.1, 0.15) is 11.9 Å². The van der Waals surface area contributed by atoms with Crippen LogP contribution in [0.25, 0.3) is 0 Å². The van der Waals surface area contributed by atoms with Gasteiger partial charge < -0.3 is 16.2 Å². The molecule has 94 valence electrons. The number of carbonyl (C=O) groups excluding carboxylic acids is 1. The molecule has 0 bridgehead atoms. The minimum Gasteiger partial charge on any atom is -0.383 e. The molecule has 1 aromatic rings. The van der Waals surface area contributed by atoms with Crippen LogP contribution in [0.5, 0.6) is 0 Å². The Kier molecular flexibility index (Phi) is 5.79. The molecule has 0 saturated carbocycles. The van der Waals surface area contributed by atoms with Crippen LogP contribution in [0, 0.1) is 0 Å². The first-order valence-corrected chi connectivity index (χ1v) is 6.68. The van der Waals surface area contributed by atoms with Gasteiger partial charge in [-0.05, 0) is 24.5 Å². The van der Waals surface area contributed by atoms with E-state index in [0.29, 0.717) is 12.2 Å². The molecular formula is C11H17N3O2S. The van der Waals surface area contributed by atoms with Gasteiger partial charge in [0.2, 0.25) is 5.91 Å². The molecule has 0 aromatic carbocycles. The Morgan fingerprint density at radius 2 is 2.47 bits per heavy atom. The van der Waals surface area contributed by atoms with Crippen molar-refractivity contribution in [1.29, 1.82) is 0 Å². The predicted molar refractivity (Wildman–Crippen MR) is 69.5 cm³/mol. The smallest absolute Gasteiger partial charge is 0.249 e. The van der Waals surface area contributed by atoms with Gasteiger partial charge in [-0.15, -0.1) is 0 Å². The zero-order chi connectivity index (χ0) is 12.7. The SMILES string of the molecule is CSCC[C@@H](O)C(=O)NCc1cccnc1N. The lowest BCUT2D eigenvalue weighted by atomic mass is 10.2. The number of pyridine rings is 1. The molecule has 0 unspecified atom stereocenters. The van der Waals surface area contributed by atoms with Crippen molar-refractivity contribution in [2.24, 2.45) is 0 Å². The third kappa shape index (κ3) is 4.62. The van der Waals surface area contributed by atoms with Crippen molar-refractivity contribution in [3.8, 4) is 0 Å². The van der Waals surface area contributed by atoms with Gasteiger partial charge in [-0.1, -0.05) is 6.07 Å². The summed E-state index contributed by atoms with van der Waals surface area (Å²) in [6.45, 7) is 0.287. The topological polar surface area (TPSA) is 88.2 Å². The molecule has 0 spiro atoms. The number of hydrogen-bond donors (Lipinski definition) is 3. The Bertz CT molecular complexity index is 373. The summed E-state index contributed by atoms with van der Waals surface area (Å²) in [5.74, 6) is 0.776. The zero-order valence-electron chi connectivity index (χ0n) is 9.72. The lowest BCUT2D eigenvalue weighted by molar-refractivity contribution is -0.129. The molecule has 1 atom stereocenters. The number of nitrogen functional groups attached to an aromatic ring is 1. The van der Waals surface area contributed by atoms with E-state index in [2.05, 4.69) is 10.3 Å². The van der Waals surface area contributed by atoms with Crippen molar-refractivity contribution in [3.05, 3.63) is 23.9 Å². The lowest BCUT2D eigenvalue weighted by Crippen LogP contribution is -2.34. The van der Waals surface area contributed by atoms with Crippen LogP contribution < -0.4 is 11.1 Å². The molecule has 0 aliphatic heterocycles. The van der Waals surface area contributed by atoms with Crippen LogP contribution in [0.4, 0.5) is 5.82 Å². The van der Waals surface area contributed by atoms with Crippen LogP contribution in [0.3, 0.4) is 0 Å². The Labute approximate surface area is 105 Å². The van der Waals surface area contributed by atoms with E-state index < -0.39 is 6.10 Å². The number of aliphatic hydroxyl groups excluding tert-OH is 1. The largest absolute Gasteiger partial charge is 0.383 e. The Balaban J connectivity index is 2.40. The van der Waals surface area contributed by atoms with Crippen LogP contribution in [0.1, 0.15) is 12.0 Å². The second-order valence-electron chi connectivity index (χ2n) is 3.56. The minimum atomic E-state index is -0.958. The van der Waals surface area contributed by atoms with Crippen LogP contribution in [-0.4, -0.2) is 34.1 Å². The molecular weight excluding hydrogens is 238 g/mol. The second kappa shape index (κ2) is 7.13. The normalized spacial score (nSPS) is 12.1. The van der Waals surface area contributed by atoms with E-state index in [-0.39, 0.29) is 12.5 Å². The number of nitrogens with one attached hydrogen (secondary N) is 1. The maximum atomic E-state index is 11.5. The fourth-order valence-electron chi connectivity index (χ4n) is 1.26. The van der Waals surface area contributed by atoms with E-state index in [0.717, 1.165) is 11.3 Å². The van der Waals surface area contributed by atoms with Gasteiger partial charge in [-0.2, -0.15) is 11.8 Å². The van der Waals surface area contributed by atoms with Crippen molar-refractivity contribution < 1.29 is 9.90 Å². The first kappa shape index (κ1) is 13.8. The Hall–Kier alpha value is -1.27. The van der Waals surface area contributed by atoms with E-state index in [4.69, 9.17) is 5.73 Å². The summed E-state index contributed by atoms with van der Waals surface area (Å²) < 4.78 is 0. The number of amides is 1. The summed E-state index contributed by atoms with van der Waals surface area (Å²) in [5.41, 5.74) is 6.38. The van der Waals surface area contributed by atoms with Gasteiger partial charge in [0, 0.05) is 18.3 Å². The molecule has 5 nitrogen and oxygen atoms in total. The van der Waals surface area contributed by atoms with Crippen LogP contribution in [0.15, 0.2) is 18.3 Å². The number of nitrogens with two attached hydrogens (primary N) is 1. The van der Waals surface area contributed by atoms with Crippen molar-refractivity contribution in [3.63, 3.8) is 0 Å². The van der Waals surface area contributed by atoms with Gasteiger partial charge in [-0.3, -0.25) is 4.79 Å². The molecule has 0 fully saturated rings. The summed E-state index contributed by atoms with van der Waals surface area (Å²) in [6.07, 6.45) is 3.02. The number of rotatable bonds is 6. The average Bonchev–Trinajstić information content (AvgIpc) is 2.34. The molecule has 1 aromatic heterocycles. The van der Waals surface area contributed by atoms with E-state index in [9.17, 15) is 9.90 Å². The quantitative estimate of drug-likeness (QED) is 0.684. The standard InChI is InChI=1S/C11H17N3O2S/c1-17-6-4-9(15)11(16)14-7-8-3-2-5-13-10(8)12/h2-3,5,9,15H,4,6-7H2,1H3,(H2,12,13)(H,14,16)/t9-/m1/s1. The first-order chi connectivity index (χ1) is 8.15. The molecule has 4 N–H and O–H groups in total. The molecule has 1 heterocycles. The van der Waals surface area contributed by atoms with E-state index in [1.807, 2.05) is 6.26 Å². The molecule has 0 aliphatic carbocycles. The monoisotopic (exact) mass is 255 g/mol. The molecule has 6 heteroatoms. The maximum absolute atomic E-state index is 11.5. The number of aromatic nitrogens is 1. The molecule has 1 amide bonds. The fraction of sp³-hybridized carbons (Fsp3) is 0.455. The van der Waals surface area contributed by atoms with Gasteiger partial charge in [0.25, 0.3) is 0 Å².